The standard InChI is InChI=1S/C15H15F/c1-3-12-4-9-15(11(2)10-12)13-5-7-14(16)8-6-13/h4-10H,3H2,1-2H3. The fourth-order valence-corrected chi connectivity index (χ4v) is 1.90. The van der Waals surface area contributed by atoms with Crippen molar-refractivity contribution in [2.45, 2.75) is 20.3 Å². The molecule has 2 aromatic rings. The van der Waals surface area contributed by atoms with Crippen molar-refractivity contribution < 1.29 is 4.39 Å². The lowest BCUT2D eigenvalue weighted by molar-refractivity contribution is 0.628. The lowest BCUT2D eigenvalue weighted by Gasteiger charge is -2.07. The van der Waals surface area contributed by atoms with E-state index in [0.29, 0.717) is 0 Å². The maximum atomic E-state index is 12.8. The number of hydrogen-bond acceptors (Lipinski definition) is 0. The lowest BCUT2D eigenvalue weighted by atomic mass is 9.98. The zero-order valence-electron chi connectivity index (χ0n) is 9.63. The van der Waals surface area contributed by atoms with E-state index in [2.05, 4.69) is 32.0 Å². The van der Waals surface area contributed by atoms with Crippen LogP contribution in [0.1, 0.15) is 18.1 Å². The topological polar surface area (TPSA) is 0 Å². The molecule has 0 aromatic heterocycles. The van der Waals surface area contributed by atoms with Crippen LogP contribution in [0.2, 0.25) is 0 Å². The Bertz CT molecular complexity index is 483. The molecule has 0 spiro atoms. The Labute approximate surface area is 95.7 Å². The van der Waals surface area contributed by atoms with E-state index in [1.807, 2.05) is 12.1 Å². The van der Waals surface area contributed by atoms with Gasteiger partial charge in [0.05, 0.1) is 0 Å². The molecule has 0 bridgehead atoms. The molecule has 0 fully saturated rings. The highest BCUT2D eigenvalue weighted by Gasteiger charge is 2.02. The molecule has 0 heterocycles. The third kappa shape index (κ3) is 2.13. The molecule has 0 radical (unpaired) electrons. The summed E-state index contributed by atoms with van der Waals surface area (Å²) in [6.45, 7) is 4.24. The van der Waals surface area contributed by atoms with Gasteiger partial charge in [-0.05, 0) is 47.7 Å². The van der Waals surface area contributed by atoms with E-state index in [4.69, 9.17) is 0 Å². The van der Waals surface area contributed by atoms with Gasteiger partial charge in [-0.1, -0.05) is 37.3 Å². The van der Waals surface area contributed by atoms with Crippen molar-refractivity contribution in [3.63, 3.8) is 0 Å². The van der Waals surface area contributed by atoms with Gasteiger partial charge >= 0.3 is 0 Å². The summed E-state index contributed by atoms with van der Waals surface area (Å²) in [5.41, 5.74) is 4.83. The van der Waals surface area contributed by atoms with E-state index in [0.717, 1.165) is 12.0 Å². The fourth-order valence-electron chi connectivity index (χ4n) is 1.90. The Morgan fingerprint density at radius 1 is 1.00 bits per heavy atom. The first-order chi connectivity index (χ1) is 7.70. The van der Waals surface area contributed by atoms with E-state index >= 15 is 0 Å². The quantitative estimate of drug-likeness (QED) is 0.696. The Morgan fingerprint density at radius 3 is 2.25 bits per heavy atom. The van der Waals surface area contributed by atoms with Gasteiger partial charge in [0.2, 0.25) is 0 Å². The van der Waals surface area contributed by atoms with Crippen LogP contribution in [-0.2, 0) is 6.42 Å². The van der Waals surface area contributed by atoms with Gasteiger partial charge in [0.25, 0.3) is 0 Å². The van der Waals surface area contributed by atoms with E-state index < -0.39 is 0 Å². The van der Waals surface area contributed by atoms with Gasteiger partial charge in [-0.15, -0.1) is 0 Å². The minimum atomic E-state index is -0.188. The summed E-state index contributed by atoms with van der Waals surface area (Å²) in [6.07, 6.45) is 1.05. The first-order valence-electron chi connectivity index (χ1n) is 5.56. The molecular weight excluding hydrogens is 199 g/mol. The van der Waals surface area contributed by atoms with Crippen molar-refractivity contribution >= 4 is 0 Å². The molecule has 16 heavy (non-hydrogen) atoms. The molecule has 2 aromatic carbocycles. The molecule has 0 aliphatic heterocycles. The van der Waals surface area contributed by atoms with Gasteiger partial charge in [0, 0.05) is 0 Å². The van der Waals surface area contributed by atoms with Crippen molar-refractivity contribution in [3.8, 4) is 11.1 Å². The van der Waals surface area contributed by atoms with E-state index in [1.54, 1.807) is 0 Å². The van der Waals surface area contributed by atoms with Gasteiger partial charge in [0.15, 0.2) is 0 Å². The summed E-state index contributed by atoms with van der Waals surface area (Å²) < 4.78 is 12.8. The molecule has 0 N–H and O–H groups in total. The summed E-state index contributed by atoms with van der Waals surface area (Å²) in [5, 5.41) is 0. The number of halogens is 1. The first-order valence-corrected chi connectivity index (χ1v) is 5.56. The number of aryl methyl sites for hydroxylation is 2. The first kappa shape index (κ1) is 10.9. The van der Waals surface area contributed by atoms with Gasteiger partial charge in [-0.3, -0.25) is 0 Å². The van der Waals surface area contributed by atoms with E-state index in [9.17, 15) is 4.39 Å². The highest BCUT2D eigenvalue weighted by molar-refractivity contribution is 5.67. The second kappa shape index (κ2) is 4.48. The molecule has 1 heteroatoms. The summed E-state index contributed by atoms with van der Waals surface area (Å²) in [4.78, 5) is 0. The van der Waals surface area contributed by atoms with Crippen LogP contribution in [0.5, 0.6) is 0 Å². The van der Waals surface area contributed by atoms with Crippen LogP contribution < -0.4 is 0 Å². The molecule has 0 saturated heterocycles. The molecular formula is C15H15F. The molecule has 0 nitrogen and oxygen atoms in total. The van der Waals surface area contributed by atoms with Crippen molar-refractivity contribution in [3.05, 3.63) is 59.4 Å². The normalized spacial score (nSPS) is 10.4. The fraction of sp³-hybridized carbons (Fsp3) is 0.200. The van der Waals surface area contributed by atoms with E-state index in [1.165, 1.54) is 28.8 Å². The second-order valence-electron chi connectivity index (χ2n) is 4.01. The smallest absolute Gasteiger partial charge is 0.123 e. The highest BCUT2D eigenvalue weighted by Crippen LogP contribution is 2.24. The molecule has 2 rings (SSSR count). The van der Waals surface area contributed by atoms with Crippen molar-refractivity contribution in [1.82, 2.24) is 0 Å². The SMILES string of the molecule is CCc1ccc(-c2ccc(F)cc2)c(C)c1. The maximum absolute atomic E-state index is 12.8. The Hall–Kier alpha value is -1.63. The summed E-state index contributed by atoms with van der Waals surface area (Å²) in [5.74, 6) is -0.188. The van der Waals surface area contributed by atoms with Crippen LogP contribution in [0.4, 0.5) is 4.39 Å². The average molecular weight is 214 g/mol. The zero-order valence-corrected chi connectivity index (χ0v) is 9.63. The lowest BCUT2D eigenvalue weighted by Crippen LogP contribution is -1.87. The molecule has 0 atom stereocenters. The van der Waals surface area contributed by atoms with Crippen LogP contribution in [0.15, 0.2) is 42.5 Å². The Morgan fingerprint density at radius 2 is 1.69 bits per heavy atom. The molecule has 0 unspecified atom stereocenters. The minimum absolute atomic E-state index is 0.188. The van der Waals surface area contributed by atoms with Gasteiger partial charge < -0.3 is 0 Å². The summed E-state index contributed by atoms with van der Waals surface area (Å²) in [7, 11) is 0. The second-order valence-corrected chi connectivity index (χ2v) is 4.01. The number of rotatable bonds is 2. The van der Waals surface area contributed by atoms with Crippen molar-refractivity contribution in [2.75, 3.05) is 0 Å². The maximum Gasteiger partial charge on any atom is 0.123 e. The highest BCUT2D eigenvalue weighted by atomic mass is 19.1. The van der Waals surface area contributed by atoms with Crippen LogP contribution in [0, 0.1) is 12.7 Å². The third-order valence-corrected chi connectivity index (χ3v) is 2.85. The molecule has 0 aliphatic carbocycles. The Balaban J connectivity index is 2.44. The molecule has 0 aliphatic rings. The van der Waals surface area contributed by atoms with Crippen LogP contribution in [-0.4, -0.2) is 0 Å². The van der Waals surface area contributed by atoms with Gasteiger partial charge in [-0.25, -0.2) is 4.39 Å². The molecule has 0 amide bonds. The molecule has 0 saturated carbocycles. The van der Waals surface area contributed by atoms with Crippen molar-refractivity contribution in [2.24, 2.45) is 0 Å². The van der Waals surface area contributed by atoms with Gasteiger partial charge in [-0.2, -0.15) is 0 Å². The minimum Gasteiger partial charge on any atom is -0.207 e. The summed E-state index contributed by atoms with van der Waals surface area (Å²) >= 11 is 0. The monoisotopic (exact) mass is 214 g/mol. The zero-order chi connectivity index (χ0) is 11.5. The predicted molar refractivity (Wildman–Crippen MR) is 66.0 cm³/mol. The molecule has 82 valence electrons. The number of hydrogen-bond donors (Lipinski definition) is 0. The largest absolute Gasteiger partial charge is 0.207 e. The third-order valence-electron chi connectivity index (χ3n) is 2.85. The predicted octanol–water partition coefficient (Wildman–Crippen LogP) is 4.36. The van der Waals surface area contributed by atoms with Crippen LogP contribution in [0.25, 0.3) is 11.1 Å². The average Bonchev–Trinajstić information content (AvgIpc) is 2.30. The van der Waals surface area contributed by atoms with Crippen LogP contribution in [0.3, 0.4) is 0 Å². The van der Waals surface area contributed by atoms with E-state index in [-0.39, 0.29) is 5.82 Å². The van der Waals surface area contributed by atoms with Crippen molar-refractivity contribution in [1.29, 1.82) is 0 Å². The van der Waals surface area contributed by atoms with Gasteiger partial charge in [0.1, 0.15) is 5.82 Å². The van der Waals surface area contributed by atoms with Crippen LogP contribution >= 0.6 is 0 Å². The Kier molecular flexibility index (Phi) is 3.04. The summed E-state index contributed by atoms with van der Waals surface area (Å²) in [6, 6.07) is 13.1. The number of benzene rings is 2.